The molecule has 4 nitrogen and oxygen atoms in total. The average molecular weight is 349 g/mol. The lowest BCUT2D eigenvalue weighted by molar-refractivity contribution is -0.385. The molecule has 0 spiro atoms. The normalized spacial score (nSPS) is 11.2. The number of rotatable bonds is 15. The molecule has 0 saturated heterocycles. The Morgan fingerprint density at radius 3 is 1.75 bits per heavy atom. The second-order valence-electron chi connectivity index (χ2n) is 3.93. The fraction of sp³-hybridized carbons (Fsp3) is 0.600. The second-order valence-corrected chi connectivity index (χ2v) is 4.72. The molecule has 0 saturated carbocycles. The number of halogens is 1. The monoisotopic (exact) mass is 348 g/mol. The Labute approximate surface area is 130 Å². The average Bonchev–Trinajstić information content (AvgIpc) is 2.48. The van der Waals surface area contributed by atoms with Crippen LogP contribution in [0.15, 0.2) is 38.0 Å². The minimum absolute atomic E-state index is 0.185. The van der Waals surface area contributed by atoms with Crippen molar-refractivity contribution in [1.29, 1.82) is 0 Å². The lowest BCUT2D eigenvalue weighted by Gasteiger charge is -2.32. The van der Waals surface area contributed by atoms with Gasteiger partial charge in [0.1, 0.15) is 6.61 Å². The van der Waals surface area contributed by atoms with Gasteiger partial charge in [0, 0.05) is 11.9 Å². The van der Waals surface area contributed by atoms with E-state index in [9.17, 15) is 0 Å². The molecule has 0 aliphatic rings. The van der Waals surface area contributed by atoms with Gasteiger partial charge in [0.2, 0.25) is 0 Å². The lowest BCUT2D eigenvalue weighted by Crippen LogP contribution is -2.44. The first-order valence-corrected chi connectivity index (χ1v) is 7.75. The summed E-state index contributed by atoms with van der Waals surface area (Å²) >= 11 is 3.38. The van der Waals surface area contributed by atoms with Crippen LogP contribution in [0.25, 0.3) is 0 Å². The van der Waals surface area contributed by atoms with E-state index in [2.05, 4.69) is 35.7 Å². The zero-order valence-electron chi connectivity index (χ0n) is 12.0. The molecule has 0 aromatic heterocycles. The van der Waals surface area contributed by atoms with E-state index in [4.69, 9.17) is 18.9 Å². The Bertz CT molecular complexity index is 237. The Hall–Kier alpha value is -0.460. The van der Waals surface area contributed by atoms with Gasteiger partial charge in [-0.1, -0.05) is 34.2 Å². The Balaban J connectivity index is 4.44. The third-order valence-corrected chi connectivity index (χ3v) is 2.78. The van der Waals surface area contributed by atoms with E-state index in [1.165, 1.54) is 0 Å². The maximum Gasteiger partial charge on any atom is 0.308 e. The molecule has 0 heterocycles. The number of alkyl halides is 1. The number of ether oxygens (including phenoxy) is 4. The van der Waals surface area contributed by atoms with Crippen LogP contribution in [-0.2, 0) is 18.9 Å². The van der Waals surface area contributed by atoms with Crippen molar-refractivity contribution >= 4 is 15.9 Å². The third-order valence-electron chi connectivity index (χ3n) is 2.21. The van der Waals surface area contributed by atoms with Crippen molar-refractivity contribution in [3.05, 3.63) is 38.0 Å². The van der Waals surface area contributed by atoms with Crippen LogP contribution in [0.1, 0.15) is 12.8 Å². The largest absolute Gasteiger partial charge is 0.373 e. The SMILES string of the molecule is C=CCOC(COCCCCBr)(OCC=C)OCC=C. The van der Waals surface area contributed by atoms with Crippen molar-refractivity contribution in [2.75, 3.05) is 38.4 Å². The van der Waals surface area contributed by atoms with Crippen molar-refractivity contribution in [1.82, 2.24) is 0 Å². The minimum Gasteiger partial charge on any atom is -0.373 e. The van der Waals surface area contributed by atoms with E-state index in [0.717, 1.165) is 18.2 Å². The highest BCUT2D eigenvalue weighted by Crippen LogP contribution is 2.17. The first-order valence-electron chi connectivity index (χ1n) is 6.63. The van der Waals surface area contributed by atoms with Crippen LogP contribution in [0, 0.1) is 0 Å². The van der Waals surface area contributed by atoms with Gasteiger partial charge >= 0.3 is 5.97 Å². The highest BCUT2D eigenvalue weighted by Gasteiger charge is 2.33. The third kappa shape index (κ3) is 9.44. The standard InChI is InChI=1S/C15H25BrO4/c1-4-10-18-15(19-11-5-2,20-12-6-3)14-17-13-8-7-9-16/h4-6H,1-3,7-14H2. The van der Waals surface area contributed by atoms with E-state index in [0.29, 0.717) is 26.4 Å². The first kappa shape index (κ1) is 19.5. The van der Waals surface area contributed by atoms with Gasteiger partial charge in [-0.15, -0.1) is 19.7 Å². The van der Waals surface area contributed by atoms with Crippen LogP contribution < -0.4 is 0 Å². The van der Waals surface area contributed by atoms with Crippen LogP contribution in [0.2, 0.25) is 0 Å². The molecule has 0 aliphatic heterocycles. The van der Waals surface area contributed by atoms with Crippen LogP contribution in [0.4, 0.5) is 0 Å². The maximum absolute atomic E-state index is 5.60. The predicted molar refractivity (Wildman–Crippen MR) is 85.0 cm³/mol. The summed E-state index contributed by atoms with van der Waals surface area (Å²) in [5.74, 6) is -1.25. The molecular weight excluding hydrogens is 324 g/mol. The predicted octanol–water partition coefficient (Wildman–Crippen LogP) is 3.44. The second kappa shape index (κ2) is 13.5. The number of hydrogen-bond donors (Lipinski definition) is 0. The molecule has 0 aliphatic carbocycles. The summed E-state index contributed by atoms with van der Waals surface area (Å²) < 4.78 is 22.4. The molecule has 0 aromatic rings. The summed E-state index contributed by atoms with van der Waals surface area (Å²) in [5.41, 5.74) is 0. The van der Waals surface area contributed by atoms with E-state index < -0.39 is 5.97 Å². The molecule has 0 aromatic carbocycles. The smallest absolute Gasteiger partial charge is 0.308 e. The van der Waals surface area contributed by atoms with E-state index >= 15 is 0 Å². The minimum atomic E-state index is -1.25. The van der Waals surface area contributed by atoms with Crippen molar-refractivity contribution in [2.24, 2.45) is 0 Å². The molecule has 20 heavy (non-hydrogen) atoms. The molecule has 0 rings (SSSR count). The van der Waals surface area contributed by atoms with Crippen molar-refractivity contribution in [3.63, 3.8) is 0 Å². The number of unbranched alkanes of at least 4 members (excludes halogenated alkanes) is 1. The molecule has 116 valence electrons. The lowest BCUT2D eigenvalue weighted by atomic mass is 10.4. The number of hydrogen-bond acceptors (Lipinski definition) is 4. The Kier molecular flexibility index (Phi) is 13.2. The summed E-state index contributed by atoms with van der Waals surface area (Å²) in [7, 11) is 0. The summed E-state index contributed by atoms with van der Waals surface area (Å²) in [6.45, 7) is 12.6. The quantitative estimate of drug-likeness (QED) is 0.196. The molecule has 0 atom stereocenters. The van der Waals surface area contributed by atoms with E-state index in [-0.39, 0.29) is 6.61 Å². The zero-order chi connectivity index (χ0) is 15.1. The van der Waals surface area contributed by atoms with E-state index in [1.807, 2.05) is 0 Å². The van der Waals surface area contributed by atoms with Crippen molar-refractivity contribution in [3.8, 4) is 0 Å². The van der Waals surface area contributed by atoms with Crippen LogP contribution >= 0.6 is 15.9 Å². The molecule has 0 fully saturated rings. The van der Waals surface area contributed by atoms with Gasteiger partial charge in [-0.05, 0) is 12.8 Å². The maximum atomic E-state index is 5.60. The van der Waals surface area contributed by atoms with E-state index in [1.54, 1.807) is 18.2 Å². The molecule has 0 bridgehead atoms. The molecular formula is C15H25BrO4. The van der Waals surface area contributed by atoms with Crippen LogP contribution in [-0.4, -0.2) is 44.3 Å². The van der Waals surface area contributed by atoms with Gasteiger partial charge in [0.25, 0.3) is 0 Å². The van der Waals surface area contributed by atoms with Gasteiger partial charge in [0.05, 0.1) is 19.8 Å². The first-order chi connectivity index (χ1) is 9.74. The molecule has 0 radical (unpaired) electrons. The van der Waals surface area contributed by atoms with Gasteiger partial charge in [-0.2, -0.15) is 0 Å². The highest BCUT2D eigenvalue weighted by molar-refractivity contribution is 9.09. The van der Waals surface area contributed by atoms with Crippen molar-refractivity contribution in [2.45, 2.75) is 18.8 Å². The van der Waals surface area contributed by atoms with Gasteiger partial charge in [-0.25, -0.2) is 0 Å². The zero-order valence-corrected chi connectivity index (χ0v) is 13.6. The van der Waals surface area contributed by atoms with Crippen LogP contribution in [0.3, 0.4) is 0 Å². The molecule has 0 N–H and O–H groups in total. The fourth-order valence-corrected chi connectivity index (χ4v) is 1.70. The fourth-order valence-electron chi connectivity index (χ4n) is 1.30. The summed E-state index contributed by atoms with van der Waals surface area (Å²) in [6.07, 6.45) is 6.92. The summed E-state index contributed by atoms with van der Waals surface area (Å²) in [6, 6.07) is 0. The Morgan fingerprint density at radius 1 is 0.850 bits per heavy atom. The molecule has 5 heteroatoms. The summed E-state index contributed by atoms with van der Waals surface area (Å²) in [4.78, 5) is 0. The Morgan fingerprint density at radius 2 is 1.35 bits per heavy atom. The van der Waals surface area contributed by atoms with Gasteiger partial charge in [-0.3, -0.25) is 0 Å². The van der Waals surface area contributed by atoms with Gasteiger partial charge in [0.15, 0.2) is 0 Å². The highest BCUT2D eigenvalue weighted by atomic mass is 79.9. The van der Waals surface area contributed by atoms with Crippen LogP contribution in [0.5, 0.6) is 0 Å². The van der Waals surface area contributed by atoms with Gasteiger partial charge < -0.3 is 18.9 Å². The summed E-state index contributed by atoms with van der Waals surface area (Å²) in [5, 5.41) is 0.967. The molecule has 0 unspecified atom stereocenters. The molecule has 0 amide bonds. The van der Waals surface area contributed by atoms with Crippen molar-refractivity contribution < 1.29 is 18.9 Å². The topological polar surface area (TPSA) is 36.9 Å².